The van der Waals surface area contributed by atoms with Gasteiger partial charge in [0.05, 0.1) is 0 Å². The number of rotatable bonds is 0. The zero-order valence-corrected chi connectivity index (χ0v) is 13.5. The molecule has 0 radical (unpaired) electrons. The fourth-order valence-electron chi connectivity index (χ4n) is 0. The van der Waals surface area contributed by atoms with E-state index in [0.29, 0.717) is 0 Å². The summed E-state index contributed by atoms with van der Waals surface area (Å²) in [6.07, 6.45) is 0. The van der Waals surface area contributed by atoms with Crippen molar-refractivity contribution in [2.45, 2.75) is 0 Å². The summed E-state index contributed by atoms with van der Waals surface area (Å²) in [5.41, 5.74) is 0. The van der Waals surface area contributed by atoms with E-state index in [9.17, 15) is 0 Å². The van der Waals surface area contributed by atoms with Gasteiger partial charge in [0.15, 0.2) is 0 Å². The normalized spacial score (nSPS) is 1.43. The maximum absolute atomic E-state index is 2.14. The zero-order valence-electron chi connectivity index (χ0n) is 3.22. The third-order valence-corrected chi connectivity index (χ3v) is 0. The Morgan fingerprint density at radius 2 is 0.571 bits per heavy atom. The molecule has 0 spiro atoms. The van der Waals surface area contributed by atoms with Gasteiger partial charge in [0.25, 0.3) is 0 Å². The standard InChI is InChI=1S/2Hf.3O.2Ti/q2*+3;3*-2;;. The van der Waals surface area contributed by atoms with Crippen molar-refractivity contribution in [1.82, 2.24) is 0 Å². The van der Waals surface area contributed by atoms with Gasteiger partial charge in [-0.15, -0.1) is 0 Å². The summed E-state index contributed by atoms with van der Waals surface area (Å²) in [6.45, 7) is 0. The van der Waals surface area contributed by atoms with Crippen LogP contribution in [-0.2, 0) is 90.5 Å². The molecule has 3 nitrogen and oxygen atoms in total. The molecule has 0 heterocycles. The molecule has 0 rings (SSSR count). The second-order valence-corrected chi connectivity index (χ2v) is 0. The maximum atomic E-state index is 2.14. The molecular formula is Hf2O3Ti2. The molecule has 34 valence electrons. The number of hydrogen-bond donors (Lipinski definition) is 0. The molecule has 0 aliphatic heterocycles. The molecule has 7 heteroatoms. The SMILES string of the molecule is [O-2].[O-2].[O-2].[Ti][Hf+3].[Ti][Hf+3]. The zero-order chi connectivity index (χ0) is 4.00. The first-order valence-corrected chi connectivity index (χ1v) is 16.9. The van der Waals surface area contributed by atoms with E-state index in [1.165, 1.54) is 41.6 Å². The van der Waals surface area contributed by atoms with E-state index >= 15 is 0 Å². The van der Waals surface area contributed by atoms with Crippen LogP contribution in [0.3, 0.4) is 0 Å². The van der Waals surface area contributed by atoms with Crippen LogP contribution in [0.4, 0.5) is 0 Å². The molecule has 0 bridgehead atoms. The molecule has 0 unspecified atom stereocenters. The van der Waals surface area contributed by atoms with Crippen molar-refractivity contribution in [3.63, 3.8) is 0 Å². The molecular weight excluding hydrogens is 501 g/mol. The topological polar surface area (TPSA) is 85.5 Å². The first kappa shape index (κ1) is 32.3. The van der Waals surface area contributed by atoms with Gasteiger partial charge < -0.3 is 16.4 Å². The van der Waals surface area contributed by atoms with Gasteiger partial charge in [0, 0.05) is 0 Å². The van der Waals surface area contributed by atoms with Crippen molar-refractivity contribution >= 4 is 0 Å². The molecule has 0 aliphatic carbocycles. The fraction of sp³-hybridized carbons (Fsp3) is 0. The average Bonchev–Trinajstić information content (AvgIpc) is 1.50. The fourth-order valence-corrected chi connectivity index (χ4v) is 0. The molecule has 0 saturated carbocycles. The summed E-state index contributed by atoms with van der Waals surface area (Å²) < 4.78 is 0. The molecule has 0 fully saturated rings. The Morgan fingerprint density at radius 1 is 0.571 bits per heavy atom. The van der Waals surface area contributed by atoms with Crippen LogP contribution in [0, 0.1) is 0 Å². The summed E-state index contributed by atoms with van der Waals surface area (Å²) in [6, 6.07) is 0. The van der Waals surface area contributed by atoms with Crippen molar-refractivity contribution in [3.8, 4) is 0 Å². The van der Waals surface area contributed by atoms with Crippen LogP contribution in [0.25, 0.3) is 0 Å². The van der Waals surface area contributed by atoms with Crippen LogP contribution >= 0.6 is 0 Å². The predicted molar refractivity (Wildman–Crippen MR) is 2.06 cm³/mol. The molecule has 7 heavy (non-hydrogen) atoms. The quantitative estimate of drug-likeness (QED) is 0.407. The molecule has 0 aromatic heterocycles. The predicted octanol–water partition coefficient (Wildman–Crippen LogP) is -0.366. The van der Waals surface area contributed by atoms with Gasteiger partial charge in [-0.2, -0.15) is 0 Å². The summed E-state index contributed by atoms with van der Waals surface area (Å²) >= 11 is 6.89. The van der Waals surface area contributed by atoms with Gasteiger partial charge in [-0.1, -0.05) is 0 Å². The van der Waals surface area contributed by atoms with E-state index in [0.717, 1.165) is 0 Å². The second kappa shape index (κ2) is 63.1. The van der Waals surface area contributed by atoms with Crippen LogP contribution in [0.1, 0.15) is 0 Å². The Morgan fingerprint density at radius 3 is 0.571 bits per heavy atom. The summed E-state index contributed by atoms with van der Waals surface area (Å²) in [5.74, 6) is 0. The van der Waals surface area contributed by atoms with Crippen molar-refractivity contribution < 1.29 is 90.5 Å². The van der Waals surface area contributed by atoms with Gasteiger partial charge in [-0.3, -0.25) is 0 Å². The monoisotopic (exact) mass is 504 g/mol. The molecule has 0 aliphatic rings. The molecule has 0 atom stereocenters. The molecule has 0 amide bonds. The summed E-state index contributed by atoms with van der Waals surface area (Å²) in [4.78, 5) is 0. The summed E-state index contributed by atoms with van der Waals surface area (Å²) in [5, 5.41) is 0. The van der Waals surface area contributed by atoms with Gasteiger partial charge >= 0.3 is 74.1 Å². The van der Waals surface area contributed by atoms with Gasteiger partial charge in [0.1, 0.15) is 0 Å². The summed E-state index contributed by atoms with van der Waals surface area (Å²) in [7, 11) is 0. The third kappa shape index (κ3) is 48.4. The van der Waals surface area contributed by atoms with Crippen molar-refractivity contribution in [2.75, 3.05) is 0 Å². The van der Waals surface area contributed by atoms with Crippen LogP contribution in [0.15, 0.2) is 0 Å². The minimum atomic E-state index is 0. The van der Waals surface area contributed by atoms with Crippen molar-refractivity contribution in [1.29, 1.82) is 0 Å². The minimum absolute atomic E-state index is 0. The van der Waals surface area contributed by atoms with Crippen LogP contribution in [0.2, 0.25) is 0 Å². The van der Waals surface area contributed by atoms with E-state index < -0.39 is 0 Å². The average molecular weight is 501 g/mol. The second-order valence-electron chi connectivity index (χ2n) is 0. The molecule has 0 N–H and O–H groups in total. The van der Waals surface area contributed by atoms with Crippen LogP contribution in [-0.4, -0.2) is 0 Å². The Labute approximate surface area is 88.6 Å². The molecule has 0 saturated heterocycles. The molecule has 0 aromatic carbocycles. The molecule has 0 aromatic rings. The van der Waals surface area contributed by atoms with Crippen molar-refractivity contribution in [2.24, 2.45) is 0 Å². The van der Waals surface area contributed by atoms with E-state index in [1.54, 1.807) is 0 Å². The van der Waals surface area contributed by atoms with Crippen LogP contribution < -0.4 is 0 Å². The van der Waals surface area contributed by atoms with E-state index in [1.807, 2.05) is 0 Å². The van der Waals surface area contributed by atoms with Gasteiger partial charge in [-0.05, 0) is 0 Å². The number of hydrogen-bond acceptors (Lipinski definition) is 0. The van der Waals surface area contributed by atoms with Crippen molar-refractivity contribution in [3.05, 3.63) is 0 Å². The third-order valence-electron chi connectivity index (χ3n) is 0. The Bertz CT molecular complexity index is 10.9. The van der Waals surface area contributed by atoms with E-state index in [2.05, 4.69) is 32.5 Å². The van der Waals surface area contributed by atoms with E-state index in [4.69, 9.17) is 0 Å². The Kier molecular flexibility index (Phi) is 291. The van der Waals surface area contributed by atoms with Gasteiger partial charge in [-0.25, -0.2) is 0 Å². The Hall–Kier alpha value is 3.05. The van der Waals surface area contributed by atoms with E-state index in [-0.39, 0.29) is 16.4 Å². The Balaban J connectivity index is -0.00000000267. The van der Waals surface area contributed by atoms with Gasteiger partial charge in [0.2, 0.25) is 0 Å². The first-order chi connectivity index (χ1) is 2.00. The first-order valence-electron chi connectivity index (χ1n) is 0.500. The van der Waals surface area contributed by atoms with Crippen LogP contribution in [0.5, 0.6) is 0 Å².